The predicted octanol–water partition coefficient (Wildman–Crippen LogP) is 9.90. The Morgan fingerprint density at radius 3 is 0.280 bits per heavy atom. The number of terminal acetylenes is 9. The molecule has 25 heavy (non-hydrogen) atoms. The van der Waals surface area contributed by atoms with Crippen LogP contribution in [0.2, 0.25) is 0 Å². The Labute approximate surface area is 218 Å². The Bertz CT molecular complexity index is 186. The molecule has 0 spiro atoms. The highest BCUT2D eigenvalue weighted by Crippen LogP contribution is 0.595. The summed E-state index contributed by atoms with van der Waals surface area (Å²) in [4.78, 5) is 0. The Hall–Kier alpha value is -3.96. The van der Waals surface area contributed by atoms with Gasteiger partial charge in [0.1, 0.15) is 0 Å². The van der Waals surface area contributed by atoms with Crippen molar-refractivity contribution in [1.29, 1.82) is 0 Å². The van der Waals surface area contributed by atoms with Crippen LogP contribution in [0.25, 0.3) is 0 Å². The van der Waals surface area contributed by atoms with Gasteiger partial charge in [-0.15, -0.1) is 116 Å². The molecule has 0 heteroatoms. The molecular formula is C25H72. The smallest absolute Gasteiger partial charge is 0.0194 e. The maximum atomic E-state index is 5.75. The SMILES string of the molecule is C#C.C#C.C#C.C#C.C#C.C#C.C#C.C#C.C#C.[3H]C.[3H]C.[3H]C.[3H]C.[3H]C.[3H]C.[3H]C.[3H][3H].[3H][3H].[3H][3H].[3H][3H].[3H][3H].[3H][3H].[3H][3H].[3H][3H].[3H][3H].[3H][3H].[3H][3H].[3H][3H].[3H][3H]. The Kier molecular flexibility index (Phi) is 250. The maximum absolute atomic E-state index is 5.75. The van der Waals surface area contributed by atoms with Crippen LogP contribution >= 0.6 is 0 Å². The third-order valence-electron chi connectivity index (χ3n) is 0. The molecule has 0 N–H and O–H groups in total. The van der Waals surface area contributed by atoms with Gasteiger partial charge >= 0.3 is 0 Å². The highest BCUT2D eigenvalue weighted by molar-refractivity contribution is 4.48. The molecule has 0 heterocycles. The van der Waals surface area contributed by atoms with E-state index in [2.05, 4.69) is 116 Å². The van der Waals surface area contributed by atoms with Crippen LogP contribution in [0.15, 0.2) is 0 Å². The molecule has 0 saturated heterocycles. The van der Waals surface area contributed by atoms with E-state index in [-0.39, 0.29) is 0 Å². The van der Waals surface area contributed by atoms with E-state index in [4.69, 9.17) is 48.2 Å². The summed E-state index contributed by atoms with van der Waals surface area (Å²) in [6, 6.07) is 0. The van der Waals surface area contributed by atoms with Crippen LogP contribution < -0.4 is 0 Å². The Balaban J connectivity index is -0.00000000556. The van der Waals surface area contributed by atoms with Crippen molar-refractivity contribution >= 4 is 0 Å². The van der Waals surface area contributed by atoms with Crippen LogP contribution in [0, 0.1) is 116 Å². The Morgan fingerprint density at radius 2 is 0.280 bits per heavy atom. The quantitative estimate of drug-likeness (QED) is 0.330. The molecule has 0 aliphatic carbocycles. The van der Waals surface area contributed by atoms with Gasteiger partial charge in [-0.05, 0) is 0 Å². The highest BCUT2D eigenvalue weighted by atomic mass is 12.6. The van der Waals surface area contributed by atoms with E-state index in [0.29, 0.717) is 0 Å². The van der Waals surface area contributed by atoms with Crippen molar-refractivity contribution in [2.75, 3.05) is 0 Å². The highest BCUT2D eigenvalue weighted by Gasteiger charge is 0.470. The summed E-state index contributed by atoms with van der Waals surface area (Å²) in [6.07, 6.45) is 72.0. The summed E-state index contributed by atoms with van der Waals surface area (Å²) in [5.74, 6) is 0. The summed E-state index contributed by atoms with van der Waals surface area (Å²) in [7, 11) is 8.75. The molecule has 0 nitrogen and oxygen atoms in total. The zero-order valence-corrected chi connectivity index (χ0v) is 17.4. The van der Waals surface area contributed by atoms with Gasteiger partial charge in [0, 0.05) is 48.2 Å². The van der Waals surface area contributed by atoms with Crippen LogP contribution in [0.4, 0.5) is 0 Å². The zero-order chi connectivity index (χ0) is 58.0. The topological polar surface area (TPSA) is 0 Å². The van der Waals surface area contributed by atoms with Gasteiger partial charge in [-0.2, -0.15) is 0 Å². The van der Waals surface area contributed by atoms with Crippen LogP contribution in [0.5, 0.6) is 0 Å². The third kappa shape index (κ3) is 416. The summed E-state index contributed by atoms with van der Waals surface area (Å²) in [5.41, 5.74) is 0. The third-order valence-corrected chi connectivity index (χ3v) is 0. The van der Waals surface area contributed by atoms with Crippen molar-refractivity contribution < 1.29 is 48.2 Å². The van der Waals surface area contributed by atoms with E-state index in [1.807, 2.05) is 0 Å². The number of hydrogen-bond donors (Lipinski definition) is 0. The fraction of sp³-hybridized carbons (Fsp3) is 0.280. The molecule has 0 amide bonds. The average Bonchev–Trinajstić information content (AvgIpc) is 3.48. The molecule has 0 radical (unpaired) electrons. The standard InChI is InChI=1S/9C2H2.7CH4.13H2/c9*1-2;;;;;;;;;;;;;;;;;;;;/h9*1-2H;7*1H4;13*1H/i;;;;;;;;;7*1T;13*1+2T. The molecule has 0 atom stereocenters. The second-order valence-electron chi connectivity index (χ2n) is 0. The Morgan fingerprint density at radius 1 is 0.280 bits per heavy atom. The summed E-state index contributed by atoms with van der Waals surface area (Å²) < 4.78 is 170. The van der Waals surface area contributed by atoms with Gasteiger partial charge in [-0.3, -0.25) is 0 Å². The van der Waals surface area contributed by atoms with E-state index in [0.717, 1.165) is 0 Å². The van der Waals surface area contributed by atoms with Gasteiger partial charge in [0.2, 0.25) is 0 Å². The normalized spacial score (nSPS) is 6.84. The summed E-state index contributed by atoms with van der Waals surface area (Å²) in [5, 5.41) is 0. The fourth-order valence-corrected chi connectivity index (χ4v) is 0. The summed E-state index contributed by atoms with van der Waals surface area (Å²) in [6.45, 7) is 0. The first-order chi connectivity index (χ1) is 29.0. The van der Waals surface area contributed by atoms with Gasteiger partial charge < -0.3 is 0 Å². The van der Waals surface area contributed by atoms with Crippen LogP contribution in [-0.4, -0.2) is 0 Å². The molecule has 0 bridgehead atoms. The van der Waals surface area contributed by atoms with Gasteiger partial charge in [-0.1, -0.05) is 51.8 Å². The molecular weight excluding hydrogens is 300 g/mol. The first-order valence-corrected chi connectivity index (χ1v) is 3.00. The minimum absolute atomic E-state index is 1.25. The van der Waals surface area contributed by atoms with Crippen molar-refractivity contribution in [3.8, 4) is 116 Å². The average molecular weight is 439 g/mol. The lowest BCUT2D eigenvalue weighted by molar-refractivity contribution is 2.50. The zero-order valence-electron chi connectivity index (χ0n) is 50.4. The van der Waals surface area contributed by atoms with Gasteiger partial charge in [0.05, 0.1) is 0 Å². The lowest BCUT2D eigenvalue weighted by Gasteiger charge is -0.701. The van der Waals surface area contributed by atoms with Crippen molar-refractivity contribution in [3.63, 3.8) is 0 Å². The second-order valence-corrected chi connectivity index (χ2v) is 0. The largest absolute Gasteiger partial charge is 0.124 e. The number of hydrogen-bond acceptors (Lipinski definition) is 0. The lowest BCUT2D eigenvalue weighted by Crippen LogP contribution is -0.576. The van der Waals surface area contributed by atoms with E-state index < -0.39 is 0 Å². The minimum Gasteiger partial charge on any atom is -0.124 e. The fourth-order valence-electron chi connectivity index (χ4n) is 0. The molecule has 0 aromatic carbocycles. The molecule has 0 aromatic rings. The molecule has 172 valence electrons. The van der Waals surface area contributed by atoms with E-state index in [1.54, 1.807) is 0 Å². The summed E-state index contributed by atoms with van der Waals surface area (Å²) >= 11 is 0. The van der Waals surface area contributed by atoms with E-state index in [1.165, 1.54) is 51.8 Å². The molecule has 0 rings (SSSR count). The van der Waals surface area contributed by atoms with E-state index in [9.17, 15) is 0 Å². The molecule has 0 saturated carbocycles. The molecule has 0 unspecified atom stereocenters. The van der Waals surface area contributed by atoms with Crippen molar-refractivity contribution in [2.45, 2.75) is 51.8 Å². The minimum atomic E-state index is 1.25. The number of rotatable bonds is 0. The van der Waals surface area contributed by atoms with Crippen molar-refractivity contribution in [2.24, 2.45) is 0 Å². The van der Waals surface area contributed by atoms with Crippen LogP contribution in [0.3, 0.4) is 0 Å². The molecule has 0 aliphatic rings. The van der Waals surface area contributed by atoms with Gasteiger partial charge in [0.15, 0.2) is 0 Å². The van der Waals surface area contributed by atoms with Crippen LogP contribution in [-0.2, 0) is 0 Å². The molecule has 0 fully saturated rings. The van der Waals surface area contributed by atoms with Crippen LogP contribution in [0.1, 0.15) is 100 Å². The van der Waals surface area contributed by atoms with Crippen molar-refractivity contribution in [1.82, 2.24) is 0 Å². The van der Waals surface area contributed by atoms with Gasteiger partial charge in [0.25, 0.3) is 0 Å². The second kappa shape index (κ2) is 463. The lowest BCUT2D eigenvalue weighted by atomic mass is 11.4. The molecule has 0 aromatic heterocycles. The van der Waals surface area contributed by atoms with Gasteiger partial charge in [-0.25, -0.2) is 0 Å². The first-order valence-electron chi connectivity index (χ1n) is 23.0. The predicted molar refractivity (Wildman–Crippen MR) is 164 cm³/mol. The van der Waals surface area contributed by atoms with E-state index >= 15 is 0 Å². The molecule has 0 aliphatic heterocycles. The van der Waals surface area contributed by atoms with Crippen molar-refractivity contribution in [3.05, 3.63) is 0 Å². The maximum Gasteiger partial charge on any atom is 0.0194 e. The monoisotopic (exact) mass is 439 g/mol. The first kappa shape index (κ1) is 13.5.